The van der Waals surface area contributed by atoms with Gasteiger partial charge in [-0.15, -0.1) is 0 Å². The van der Waals surface area contributed by atoms with Gasteiger partial charge in [-0.25, -0.2) is 0 Å². The van der Waals surface area contributed by atoms with Crippen molar-refractivity contribution in [2.75, 3.05) is 0 Å². The molecule has 0 unspecified atom stereocenters. The smallest absolute Gasteiger partial charge is 0.243 e. The second-order valence-corrected chi connectivity index (χ2v) is 9.39. The van der Waals surface area contributed by atoms with Crippen LogP contribution in [0.15, 0.2) is 35.8 Å². The summed E-state index contributed by atoms with van der Waals surface area (Å²) in [5, 5.41) is 1.65. The molecule has 3 heteroatoms. The van der Waals surface area contributed by atoms with Gasteiger partial charge < -0.3 is 4.89 Å². The van der Waals surface area contributed by atoms with Crippen molar-refractivity contribution < 1.29 is 0 Å². The lowest BCUT2D eigenvalue weighted by Gasteiger charge is -2.22. The Morgan fingerprint density at radius 3 is 2.29 bits per heavy atom. The van der Waals surface area contributed by atoms with Crippen LogP contribution in [0.3, 0.4) is 0 Å². The molecule has 0 bridgehead atoms. The maximum atomic E-state index is 3.89. The third-order valence-electron chi connectivity index (χ3n) is 3.75. The molecular weight excluding hydrogens is 221 g/mol. The Bertz CT molecular complexity index is 425. The van der Waals surface area contributed by atoms with E-state index in [0.29, 0.717) is 6.85 Å². The van der Waals surface area contributed by atoms with Gasteiger partial charge in [0.1, 0.15) is 8.24 Å². The number of nitrogens with one attached hydrogen (secondary N) is 1. The van der Waals surface area contributed by atoms with Crippen molar-refractivity contribution in [1.29, 1.82) is 0 Å². The second-order valence-electron chi connectivity index (χ2n) is 5.35. The van der Waals surface area contributed by atoms with Crippen molar-refractivity contribution in [3.63, 3.8) is 0 Å². The molecule has 0 radical (unpaired) electrons. The summed E-state index contributed by atoms with van der Waals surface area (Å²) in [7, 11) is -1.45. The van der Waals surface area contributed by atoms with Gasteiger partial charge in [0.25, 0.3) is 0 Å². The summed E-state index contributed by atoms with van der Waals surface area (Å²) < 4.78 is 0. The van der Waals surface area contributed by atoms with Gasteiger partial charge in [-0.1, -0.05) is 69.1 Å². The molecule has 1 aliphatic rings. The zero-order valence-corrected chi connectivity index (χ0v) is 12.4. The average molecular weight is 243 g/mol. The average Bonchev–Trinajstić information content (AvgIpc) is 2.60. The molecule has 0 amide bonds. The zero-order valence-electron chi connectivity index (χ0n) is 11.4. The van der Waals surface area contributed by atoms with Gasteiger partial charge in [0.2, 0.25) is 6.85 Å². The third kappa shape index (κ3) is 2.26. The first kappa shape index (κ1) is 12.7. The Hall–Kier alpha value is -0.798. The van der Waals surface area contributed by atoms with Gasteiger partial charge >= 0.3 is 0 Å². The second kappa shape index (κ2) is 4.83. The Labute approximate surface area is 107 Å². The molecule has 1 heterocycles. The van der Waals surface area contributed by atoms with Crippen molar-refractivity contribution in [3.05, 3.63) is 41.4 Å². The van der Waals surface area contributed by atoms with E-state index in [1.165, 1.54) is 18.3 Å². The lowest BCUT2D eigenvalue weighted by Crippen LogP contribution is -2.47. The number of hydrogen-bond acceptors (Lipinski definition) is 1. The minimum absolute atomic E-state index is 0.608. The maximum Gasteiger partial charge on any atom is 0.243 e. The SMILES string of the molecule is CCB1N[Si](C)(C)C(c2ccccc2)=C1CC. The fourth-order valence-corrected chi connectivity index (χ4v) is 6.53. The van der Waals surface area contributed by atoms with Crippen LogP contribution in [0, 0.1) is 0 Å². The lowest BCUT2D eigenvalue weighted by molar-refractivity contribution is 1.17. The summed E-state index contributed by atoms with van der Waals surface area (Å²) in [6, 6.07) is 10.9. The molecule has 0 aliphatic carbocycles. The zero-order chi connectivity index (χ0) is 12.5. The van der Waals surface area contributed by atoms with Crippen LogP contribution < -0.4 is 4.89 Å². The number of hydrogen-bond donors (Lipinski definition) is 1. The van der Waals surface area contributed by atoms with Gasteiger partial charge in [-0.3, -0.25) is 0 Å². The summed E-state index contributed by atoms with van der Waals surface area (Å²) in [6.07, 6.45) is 2.38. The largest absolute Gasteiger partial charge is 0.371 e. The molecule has 0 aromatic heterocycles. The van der Waals surface area contributed by atoms with Crippen LogP contribution in [0.4, 0.5) is 0 Å². The molecule has 90 valence electrons. The maximum absolute atomic E-state index is 3.89. The van der Waals surface area contributed by atoms with Gasteiger partial charge in [0.15, 0.2) is 0 Å². The summed E-state index contributed by atoms with van der Waals surface area (Å²) in [6.45, 7) is 10.0. The molecule has 1 N–H and O–H groups in total. The molecule has 1 aliphatic heterocycles. The molecule has 0 atom stereocenters. The topological polar surface area (TPSA) is 12.0 Å². The summed E-state index contributed by atoms with van der Waals surface area (Å²) >= 11 is 0. The molecule has 0 saturated heterocycles. The molecule has 0 saturated carbocycles. The van der Waals surface area contributed by atoms with Crippen LogP contribution in [0.1, 0.15) is 25.8 Å². The summed E-state index contributed by atoms with van der Waals surface area (Å²) in [4.78, 5) is 3.89. The standard InChI is InChI=1S/C14H22BNSi/c1-5-13-14(12-10-8-7-9-11-12)17(3,4)16-15(13)6-2/h7-11,16H,5-6H2,1-4H3. The predicted octanol–water partition coefficient (Wildman–Crippen LogP) is 3.75. The van der Waals surface area contributed by atoms with Crippen molar-refractivity contribution in [1.82, 2.24) is 4.89 Å². The first-order valence-electron chi connectivity index (χ1n) is 6.66. The van der Waals surface area contributed by atoms with Crippen LogP contribution in [0.25, 0.3) is 5.20 Å². The lowest BCUT2D eigenvalue weighted by atomic mass is 9.53. The Kier molecular flexibility index (Phi) is 3.59. The van der Waals surface area contributed by atoms with Crippen LogP contribution in [-0.2, 0) is 0 Å². The van der Waals surface area contributed by atoms with E-state index in [2.05, 4.69) is 62.2 Å². The molecule has 17 heavy (non-hydrogen) atoms. The summed E-state index contributed by atoms with van der Waals surface area (Å²) in [5.74, 6) is 0. The van der Waals surface area contributed by atoms with Crippen LogP contribution in [0.5, 0.6) is 0 Å². The van der Waals surface area contributed by atoms with E-state index in [1.54, 1.807) is 10.7 Å². The van der Waals surface area contributed by atoms with E-state index in [-0.39, 0.29) is 0 Å². The summed E-state index contributed by atoms with van der Waals surface area (Å²) in [5.41, 5.74) is 3.08. The molecule has 1 aromatic rings. The van der Waals surface area contributed by atoms with Crippen LogP contribution in [0.2, 0.25) is 19.4 Å². The van der Waals surface area contributed by atoms with E-state index >= 15 is 0 Å². The highest BCUT2D eigenvalue weighted by Crippen LogP contribution is 2.35. The van der Waals surface area contributed by atoms with Crippen LogP contribution >= 0.6 is 0 Å². The van der Waals surface area contributed by atoms with E-state index in [9.17, 15) is 0 Å². The fraction of sp³-hybridized carbons (Fsp3) is 0.429. The van der Waals surface area contributed by atoms with Crippen molar-refractivity contribution >= 4 is 20.3 Å². The number of allylic oxidation sites excluding steroid dienone is 1. The van der Waals surface area contributed by atoms with Gasteiger partial charge in [0, 0.05) is 0 Å². The number of rotatable bonds is 3. The first-order chi connectivity index (χ1) is 8.10. The van der Waals surface area contributed by atoms with Gasteiger partial charge in [-0.2, -0.15) is 0 Å². The van der Waals surface area contributed by atoms with E-state index in [0.717, 1.165) is 0 Å². The number of benzene rings is 1. The third-order valence-corrected chi connectivity index (χ3v) is 6.68. The molecule has 1 nitrogen and oxygen atoms in total. The van der Waals surface area contributed by atoms with Crippen molar-refractivity contribution in [3.8, 4) is 0 Å². The molecule has 0 spiro atoms. The van der Waals surface area contributed by atoms with E-state index in [4.69, 9.17) is 0 Å². The van der Waals surface area contributed by atoms with Crippen LogP contribution in [-0.4, -0.2) is 15.1 Å². The Morgan fingerprint density at radius 1 is 1.12 bits per heavy atom. The van der Waals surface area contributed by atoms with Gasteiger partial charge in [0.05, 0.1) is 0 Å². The highest BCUT2D eigenvalue weighted by atomic mass is 28.3. The normalized spacial score (nSPS) is 18.9. The van der Waals surface area contributed by atoms with Crippen molar-refractivity contribution in [2.24, 2.45) is 0 Å². The fourth-order valence-electron chi connectivity index (χ4n) is 3.09. The predicted molar refractivity (Wildman–Crippen MR) is 80.5 cm³/mol. The van der Waals surface area contributed by atoms with Crippen molar-refractivity contribution in [2.45, 2.75) is 39.7 Å². The molecule has 0 fully saturated rings. The van der Waals surface area contributed by atoms with E-state index in [1.807, 2.05) is 0 Å². The first-order valence-corrected chi connectivity index (χ1v) is 9.66. The molecule has 1 aromatic carbocycles. The van der Waals surface area contributed by atoms with E-state index < -0.39 is 8.24 Å². The quantitative estimate of drug-likeness (QED) is 0.797. The minimum atomic E-state index is -1.45. The van der Waals surface area contributed by atoms with Gasteiger partial charge in [-0.05, 0) is 17.2 Å². The minimum Gasteiger partial charge on any atom is -0.371 e. The highest BCUT2D eigenvalue weighted by molar-refractivity contribution is 7.04. The Balaban J connectivity index is 2.53. The molecule has 2 rings (SSSR count). The Morgan fingerprint density at radius 2 is 1.76 bits per heavy atom. The monoisotopic (exact) mass is 243 g/mol. The highest BCUT2D eigenvalue weighted by Gasteiger charge is 2.40. The molecular formula is C14H22BNSi.